The summed E-state index contributed by atoms with van der Waals surface area (Å²) in [5.74, 6) is -0.832. The number of ether oxygens (including phenoxy) is 1. The fourth-order valence-corrected chi connectivity index (χ4v) is 1.97. The summed E-state index contributed by atoms with van der Waals surface area (Å²) in [5.41, 5.74) is -0.170. The number of rotatable bonds is 2. The minimum absolute atomic E-state index is 0.0109. The molecule has 1 heterocycles. The average Bonchev–Trinajstić information content (AvgIpc) is 2.36. The summed E-state index contributed by atoms with van der Waals surface area (Å²) in [6, 6.07) is 4.27. The molecule has 0 N–H and O–H groups in total. The maximum absolute atomic E-state index is 12.2. The number of fused-ring (bicyclic) bond motifs is 1. The maximum atomic E-state index is 12.2. The van der Waals surface area contributed by atoms with Gasteiger partial charge in [-0.25, -0.2) is 4.79 Å². The molecule has 0 radical (unpaired) electrons. The lowest BCUT2D eigenvalue weighted by Crippen LogP contribution is -2.31. The van der Waals surface area contributed by atoms with Crippen molar-refractivity contribution in [3.05, 3.63) is 44.7 Å². The van der Waals surface area contributed by atoms with Crippen molar-refractivity contribution in [1.29, 1.82) is 0 Å². The van der Waals surface area contributed by atoms with E-state index >= 15 is 0 Å². The van der Waals surface area contributed by atoms with Crippen LogP contribution in [0.25, 0.3) is 11.0 Å². The monoisotopic (exact) mass is 282 g/mol. The molecule has 19 heavy (non-hydrogen) atoms. The van der Waals surface area contributed by atoms with Crippen LogP contribution in [0.2, 0.25) is 5.02 Å². The Morgan fingerprint density at radius 3 is 2.84 bits per heavy atom. The zero-order chi connectivity index (χ0) is 14.2. The van der Waals surface area contributed by atoms with Crippen LogP contribution in [-0.2, 0) is 4.74 Å². The Bertz CT molecular complexity index is 724. The third-order valence-corrected chi connectivity index (χ3v) is 2.93. The van der Waals surface area contributed by atoms with Crippen LogP contribution in [0.5, 0.6) is 0 Å². The summed E-state index contributed by atoms with van der Waals surface area (Å²) >= 11 is 5.80. The molecule has 2 aromatic rings. The molecule has 0 spiro atoms. The summed E-state index contributed by atoms with van der Waals surface area (Å²) in [6.45, 7) is 3.12. The molecule has 7 heteroatoms. The Balaban J connectivity index is 2.86. The number of esters is 1. The van der Waals surface area contributed by atoms with Crippen molar-refractivity contribution in [2.75, 3.05) is 6.61 Å². The number of aromatic nitrogens is 2. The smallest absolute Gasteiger partial charge is 0.410 e. The molecule has 0 bridgehead atoms. The molecule has 0 aliphatic heterocycles. The molecule has 0 unspecified atom stereocenters. The lowest BCUT2D eigenvalue weighted by Gasteiger charge is -2.15. The quantitative estimate of drug-likeness (QED) is 0.624. The first-order valence-corrected chi connectivity index (χ1v) is 5.97. The van der Waals surface area contributed by atoms with Gasteiger partial charge in [0.25, 0.3) is 5.52 Å². The van der Waals surface area contributed by atoms with Gasteiger partial charge in [-0.05, 0) is 26.0 Å². The van der Waals surface area contributed by atoms with Crippen molar-refractivity contribution in [2.24, 2.45) is 0 Å². The zero-order valence-electron chi connectivity index (χ0n) is 10.3. The van der Waals surface area contributed by atoms with Crippen molar-refractivity contribution in [3.63, 3.8) is 0 Å². The molecule has 0 atom stereocenters. The summed E-state index contributed by atoms with van der Waals surface area (Å²) in [6.07, 6.45) is 0. The first-order chi connectivity index (χ1) is 8.97. The highest BCUT2D eigenvalue weighted by atomic mass is 35.5. The van der Waals surface area contributed by atoms with Crippen LogP contribution >= 0.6 is 11.6 Å². The largest absolute Gasteiger partial charge is 0.805 e. The molecular weight excluding hydrogens is 272 g/mol. The van der Waals surface area contributed by atoms with E-state index in [1.807, 2.05) is 0 Å². The van der Waals surface area contributed by atoms with Gasteiger partial charge in [-0.3, -0.25) is 0 Å². The van der Waals surface area contributed by atoms with Crippen LogP contribution in [-0.4, -0.2) is 17.3 Å². The number of nitrogens with zero attached hydrogens (tertiary/aromatic N) is 2. The van der Waals surface area contributed by atoms with Crippen molar-refractivity contribution < 1.29 is 14.0 Å². The second kappa shape index (κ2) is 4.89. The second-order valence-electron chi connectivity index (χ2n) is 3.88. The highest BCUT2D eigenvalue weighted by Gasteiger charge is 2.28. The van der Waals surface area contributed by atoms with Gasteiger partial charge in [-0.15, -0.1) is 0 Å². The van der Waals surface area contributed by atoms with Gasteiger partial charge < -0.3 is 14.7 Å². The Morgan fingerprint density at radius 2 is 2.21 bits per heavy atom. The zero-order valence-corrected chi connectivity index (χ0v) is 11.1. The number of hydrogen-bond acceptors (Lipinski definition) is 4. The predicted molar refractivity (Wildman–Crippen MR) is 69.8 cm³/mol. The van der Waals surface area contributed by atoms with E-state index in [-0.39, 0.29) is 29.0 Å². The SMILES string of the molecule is CCOC(=O)c1c(C)n([O-])c2ccc(Cl)cc2[n+]1=O. The van der Waals surface area contributed by atoms with Crippen LogP contribution < -0.4 is 4.43 Å². The highest BCUT2D eigenvalue weighted by molar-refractivity contribution is 6.31. The van der Waals surface area contributed by atoms with Crippen LogP contribution in [0.1, 0.15) is 23.1 Å². The average molecular weight is 283 g/mol. The Hall–Kier alpha value is -2.08. The van der Waals surface area contributed by atoms with Gasteiger partial charge in [0.2, 0.25) is 0 Å². The molecule has 0 saturated heterocycles. The normalized spacial score (nSPS) is 10.7. The molecular formula is C12H11ClN2O4. The van der Waals surface area contributed by atoms with E-state index in [4.69, 9.17) is 16.3 Å². The minimum atomic E-state index is -0.832. The first-order valence-electron chi connectivity index (χ1n) is 5.59. The van der Waals surface area contributed by atoms with E-state index in [2.05, 4.69) is 0 Å². The fraction of sp³-hybridized carbons (Fsp3) is 0.250. The molecule has 100 valence electrons. The van der Waals surface area contributed by atoms with Gasteiger partial charge in [-0.1, -0.05) is 11.6 Å². The van der Waals surface area contributed by atoms with Gasteiger partial charge in [0.05, 0.1) is 16.7 Å². The number of carbonyl (C=O) groups is 1. The Labute approximate surface area is 113 Å². The topological polar surface area (TPSA) is 77.3 Å². The van der Waals surface area contributed by atoms with E-state index in [9.17, 15) is 14.9 Å². The predicted octanol–water partition coefficient (Wildman–Crippen LogP) is 2.04. The molecule has 2 rings (SSSR count). The summed E-state index contributed by atoms with van der Waals surface area (Å²) < 4.78 is 5.68. The van der Waals surface area contributed by atoms with E-state index in [1.165, 1.54) is 25.1 Å². The van der Waals surface area contributed by atoms with Gasteiger partial charge >= 0.3 is 11.7 Å². The molecule has 0 saturated carbocycles. The summed E-state index contributed by atoms with van der Waals surface area (Å²) in [5, 5.41) is 12.3. The van der Waals surface area contributed by atoms with Gasteiger partial charge in [-0.2, -0.15) is 0 Å². The highest BCUT2D eigenvalue weighted by Crippen LogP contribution is 2.18. The maximum Gasteiger partial charge on any atom is 0.410 e. The third-order valence-electron chi connectivity index (χ3n) is 2.69. The number of halogens is 1. The molecule has 0 aliphatic rings. The van der Waals surface area contributed by atoms with Crippen LogP contribution in [0.3, 0.4) is 0 Å². The van der Waals surface area contributed by atoms with Crippen molar-refractivity contribution in [2.45, 2.75) is 13.8 Å². The van der Waals surface area contributed by atoms with E-state index in [0.29, 0.717) is 14.2 Å². The number of benzene rings is 1. The first kappa shape index (κ1) is 13.4. The summed E-state index contributed by atoms with van der Waals surface area (Å²) in [7, 11) is 0. The van der Waals surface area contributed by atoms with Crippen LogP contribution in [0, 0.1) is 17.0 Å². The van der Waals surface area contributed by atoms with Gasteiger partial charge in [0.15, 0.2) is 0 Å². The lowest BCUT2D eigenvalue weighted by atomic mass is 10.2. The van der Waals surface area contributed by atoms with Crippen molar-refractivity contribution in [3.8, 4) is 0 Å². The number of hydrogen-bond donors (Lipinski definition) is 0. The van der Waals surface area contributed by atoms with Gasteiger partial charge in [0, 0.05) is 16.0 Å². The summed E-state index contributed by atoms with van der Waals surface area (Å²) in [4.78, 5) is 23.9. The van der Waals surface area contributed by atoms with Crippen LogP contribution in [0.4, 0.5) is 0 Å². The van der Waals surface area contributed by atoms with Gasteiger partial charge in [0.1, 0.15) is 5.52 Å². The van der Waals surface area contributed by atoms with Crippen LogP contribution in [0.15, 0.2) is 18.2 Å². The molecule has 0 aliphatic carbocycles. The Morgan fingerprint density at radius 1 is 1.53 bits per heavy atom. The molecule has 6 nitrogen and oxygen atoms in total. The van der Waals surface area contributed by atoms with E-state index < -0.39 is 5.97 Å². The lowest BCUT2D eigenvalue weighted by molar-refractivity contribution is -0.469. The second-order valence-corrected chi connectivity index (χ2v) is 4.31. The van der Waals surface area contributed by atoms with Crippen molar-refractivity contribution >= 4 is 28.6 Å². The minimum Gasteiger partial charge on any atom is -0.805 e. The van der Waals surface area contributed by atoms with E-state index in [1.54, 1.807) is 6.92 Å². The molecule has 0 amide bonds. The molecule has 1 aromatic carbocycles. The number of carbonyl (C=O) groups excluding carboxylic acids is 1. The van der Waals surface area contributed by atoms with E-state index in [0.717, 1.165) is 0 Å². The third kappa shape index (κ3) is 2.15. The Kier molecular flexibility index (Phi) is 3.44. The molecule has 0 fully saturated rings. The van der Waals surface area contributed by atoms with Crippen molar-refractivity contribution in [1.82, 2.24) is 4.73 Å². The molecule has 1 aromatic heterocycles. The fourth-order valence-electron chi connectivity index (χ4n) is 1.81. The standard InChI is InChI=1S/C12H11ClN2O4/c1-3-19-12(16)11-7(2)14(17)9-5-4-8(13)6-10(9)15(11)18/h4-6H,3H2,1-2H3.